The summed E-state index contributed by atoms with van der Waals surface area (Å²) in [6.07, 6.45) is 7.67. The van der Waals surface area contributed by atoms with Gasteiger partial charge in [-0.2, -0.15) is 0 Å². The van der Waals surface area contributed by atoms with Crippen molar-refractivity contribution in [3.63, 3.8) is 0 Å². The summed E-state index contributed by atoms with van der Waals surface area (Å²) >= 11 is 0. The van der Waals surface area contributed by atoms with Crippen molar-refractivity contribution >= 4 is 17.6 Å². The summed E-state index contributed by atoms with van der Waals surface area (Å²) in [4.78, 5) is 31.7. The standard InChI is InChI=1S/C26H32N4O3/c1-5-20-22-25(33)28-23(18-8-6-7-16(15-18)9-14-21(31)32)29-30(22)24(27-20)17-10-12-19(13-11-17)26(2,3)4/h6-9,14-15,17,19H,5,10-13H2,1-4H3,(H,31,32)(H,28,29,33)/b14-9-. The number of carboxylic acid groups (broad SMARTS) is 1. The summed E-state index contributed by atoms with van der Waals surface area (Å²) in [5, 5.41) is 13.7. The lowest BCUT2D eigenvalue weighted by molar-refractivity contribution is -0.131. The molecule has 0 spiro atoms. The number of hydrogen-bond acceptors (Lipinski definition) is 4. The van der Waals surface area contributed by atoms with Crippen molar-refractivity contribution in [1.29, 1.82) is 0 Å². The van der Waals surface area contributed by atoms with Crippen molar-refractivity contribution < 1.29 is 9.90 Å². The van der Waals surface area contributed by atoms with Gasteiger partial charge in [-0.25, -0.2) is 14.3 Å². The number of nitrogens with one attached hydrogen (secondary N) is 1. The zero-order valence-electron chi connectivity index (χ0n) is 19.8. The van der Waals surface area contributed by atoms with Gasteiger partial charge in [0, 0.05) is 17.6 Å². The van der Waals surface area contributed by atoms with E-state index < -0.39 is 5.97 Å². The van der Waals surface area contributed by atoms with E-state index in [4.69, 9.17) is 15.2 Å². The molecule has 2 N–H and O–H groups in total. The molecule has 0 bridgehead atoms. The summed E-state index contributed by atoms with van der Waals surface area (Å²) < 4.78 is 1.76. The van der Waals surface area contributed by atoms with Crippen molar-refractivity contribution in [1.82, 2.24) is 19.6 Å². The molecule has 0 atom stereocenters. The summed E-state index contributed by atoms with van der Waals surface area (Å²) in [5.41, 5.74) is 2.84. The minimum absolute atomic E-state index is 0.203. The number of carbonyl (C=O) groups is 1. The van der Waals surface area contributed by atoms with Crippen LogP contribution in [-0.4, -0.2) is 30.7 Å². The van der Waals surface area contributed by atoms with Gasteiger partial charge in [-0.1, -0.05) is 45.9 Å². The Morgan fingerprint density at radius 1 is 1.24 bits per heavy atom. The molecule has 2 aromatic heterocycles. The zero-order chi connectivity index (χ0) is 23.8. The molecule has 1 aliphatic rings. The summed E-state index contributed by atoms with van der Waals surface area (Å²) in [6.45, 7) is 8.94. The van der Waals surface area contributed by atoms with Crippen molar-refractivity contribution in [2.45, 2.75) is 65.7 Å². The highest BCUT2D eigenvalue weighted by molar-refractivity contribution is 5.85. The van der Waals surface area contributed by atoms with Crippen LogP contribution in [0, 0.1) is 11.3 Å². The SMILES string of the molecule is CCc1nc(C2CCC(C(C)(C)C)CC2)n2nc(-c3cccc(/C=C\C(=O)O)c3)[nH]c(=O)c12. The van der Waals surface area contributed by atoms with Crippen LogP contribution in [0.5, 0.6) is 0 Å². The van der Waals surface area contributed by atoms with E-state index in [9.17, 15) is 9.59 Å². The Kier molecular flexibility index (Phi) is 6.23. The smallest absolute Gasteiger partial charge is 0.328 e. The molecule has 2 heterocycles. The van der Waals surface area contributed by atoms with Crippen molar-refractivity contribution in [2.75, 3.05) is 0 Å². The number of aliphatic carboxylic acids is 1. The number of imidazole rings is 1. The second kappa shape index (κ2) is 8.96. The highest BCUT2D eigenvalue weighted by Gasteiger charge is 2.32. The summed E-state index contributed by atoms with van der Waals surface area (Å²) in [5.74, 6) is 1.29. The molecule has 1 aromatic carbocycles. The first kappa shape index (κ1) is 23.0. The van der Waals surface area contributed by atoms with Crippen LogP contribution in [0.4, 0.5) is 0 Å². The minimum Gasteiger partial charge on any atom is -0.478 e. The summed E-state index contributed by atoms with van der Waals surface area (Å²) in [6, 6.07) is 7.30. The third kappa shape index (κ3) is 4.77. The third-order valence-corrected chi connectivity index (χ3v) is 6.83. The quantitative estimate of drug-likeness (QED) is 0.531. The topological polar surface area (TPSA) is 100 Å². The number of rotatable bonds is 5. The Labute approximate surface area is 193 Å². The van der Waals surface area contributed by atoms with E-state index in [0.29, 0.717) is 29.1 Å². The Hall–Kier alpha value is -3.22. The molecule has 3 aromatic rings. The fourth-order valence-electron chi connectivity index (χ4n) is 4.91. The molecule has 0 saturated heterocycles. The molecule has 0 unspecified atom stereocenters. The van der Waals surface area contributed by atoms with Gasteiger partial charge in [-0.05, 0) is 61.1 Å². The molecule has 0 aliphatic heterocycles. The summed E-state index contributed by atoms with van der Waals surface area (Å²) in [7, 11) is 0. The Morgan fingerprint density at radius 3 is 2.61 bits per heavy atom. The van der Waals surface area contributed by atoms with Gasteiger partial charge >= 0.3 is 5.97 Å². The van der Waals surface area contributed by atoms with E-state index in [1.165, 1.54) is 6.08 Å². The van der Waals surface area contributed by atoms with E-state index in [1.807, 2.05) is 31.2 Å². The number of carboxylic acids is 1. The Morgan fingerprint density at radius 2 is 1.97 bits per heavy atom. The van der Waals surface area contributed by atoms with Gasteiger partial charge in [0.15, 0.2) is 11.3 Å². The van der Waals surface area contributed by atoms with E-state index in [1.54, 1.807) is 4.52 Å². The number of hydrogen-bond donors (Lipinski definition) is 2. The predicted molar refractivity (Wildman–Crippen MR) is 129 cm³/mol. The largest absolute Gasteiger partial charge is 0.478 e. The maximum absolute atomic E-state index is 13.1. The molecular weight excluding hydrogens is 416 g/mol. The lowest BCUT2D eigenvalue weighted by Gasteiger charge is -2.36. The van der Waals surface area contributed by atoms with Crippen LogP contribution in [0.1, 0.15) is 76.4 Å². The number of benzene rings is 1. The second-order valence-corrected chi connectivity index (χ2v) is 10.0. The molecule has 7 nitrogen and oxygen atoms in total. The van der Waals surface area contributed by atoms with Crippen molar-refractivity contribution in [3.05, 3.63) is 57.8 Å². The van der Waals surface area contributed by atoms with Crippen molar-refractivity contribution in [2.24, 2.45) is 11.3 Å². The first-order valence-corrected chi connectivity index (χ1v) is 11.7. The van der Waals surface area contributed by atoms with E-state index in [2.05, 4.69) is 25.8 Å². The molecule has 1 aliphatic carbocycles. The van der Waals surface area contributed by atoms with Crippen LogP contribution in [0.3, 0.4) is 0 Å². The molecule has 1 saturated carbocycles. The van der Waals surface area contributed by atoms with Crippen molar-refractivity contribution in [3.8, 4) is 11.4 Å². The molecule has 174 valence electrons. The maximum atomic E-state index is 13.1. The number of aryl methyl sites for hydroxylation is 1. The molecule has 7 heteroatoms. The van der Waals surface area contributed by atoms with Crippen LogP contribution in [0.2, 0.25) is 0 Å². The highest BCUT2D eigenvalue weighted by Crippen LogP contribution is 2.43. The highest BCUT2D eigenvalue weighted by atomic mass is 16.4. The van der Waals surface area contributed by atoms with Gasteiger partial charge in [0.2, 0.25) is 0 Å². The lowest BCUT2D eigenvalue weighted by atomic mass is 9.70. The van der Waals surface area contributed by atoms with Crippen LogP contribution in [-0.2, 0) is 11.2 Å². The third-order valence-electron chi connectivity index (χ3n) is 6.83. The molecule has 0 amide bonds. The minimum atomic E-state index is -1.01. The number of fused-ring (bicyclic) bond motifs is 1. The average Bonchev–Trinajstić information content (AvgIpc) is 3.17. The van der Waals surface area contributed by atoms with E-state index >= 15 is 0 Å². The maximum Gasteiger partial charge on any atom is 0.328 e. The lowest BCUT2D eigenvalue weighted by Crippen LogP contribution is -2.26. The Bertz CT molecular complexity index is 1250. The van der Waals surface area contributed by atoms with Gasteiger partial charge in [-0.15, -0.1) is 5.10 Å². The number of H-pyrrole nitrogens is 1. The van der Waals surface area contributed by atoms with E-state index in [0.717, 1.165) is 54.4 Å². The van der Waals surface area contributed by atoms with Crippen LogP contribution < -0.4 is 5.56 Å². The average molecular weight is 449 g/mol. The molecule has 1 fully saturated rings. The zero-order valence-corrected chi connectivity index (χ0v) is 19.8. The first-order chi connectivity index (χ1) is 15.7. The second-order valence-electron chi connectivity index (χ2n) is 10.0. The van der Waals surface area contributed by atoms with Gasteiger partial charge in [0.25, 0.3) is 5.56 Å². The van der Waals surface area contributed by atoms with Crippen LogP contribution in [0.15, 0.2) is 35.1 Å². The van der Waals surface area contributed by atoms with Crippen LogP contribution in [0.25, 0.3) is 23.0 Å². The number of aromatic amines is 1. The first-order valence-electron chi connectivity index (χ1n) is 11.7. The monoisotopic (exact) mass is 448 g/mol. The molecular formula is C26H32N4O3. The fourth-order valence-corrected chi connectivity index (χ4v) is 4.91. The number of aromatic nitrogens is 4. The Balaban J connectivity index is 1.75. The van der Waals surface area contributed by atoms with Crippen LogP contribution >= 0.6 is 0 Å². The normalized spacial score (nSPS) is 19.4. The van der Waals surface area contributed by atoms with E-state index in [-0.39, 0.29) is 11.5 Å². The number of nitrogens with zero attached hydrogens (tertiary/aromatic N) is 3. The molecule has 4 rings (SSSR count). The molecule has 0 radical (unpaired) electrons. The van der Waals surface area contributed by atoms with Gasteiger partial charge in [0.1, 0.15) is 5.82 Å². The predicted octanol–water partition coefficient (Wildman–Crippen LogP) is 5.06. The van der Waals surface area contributed by atoms with Gasteiger partial charge in [0.05, 0.1) is 5.69 Å². The van der Waals surface area contributed by atoms with Gasteiger partial charge < -0.3 is 10.1 Å². The molecule has 33 heavy (non-hydrogen) atoms. The van der Waals surface area contributed by atoms with Gasteiger partial charge in [-0.3, -0.25) is 4.79 Å². The fraction of sp³-hybridized carbons (Fsp3) is 0.462.